The molecule has 30 heavy (non-hydrogen) atoms. The van der Waals surface area contributed by atoms with Crippen LogP contribution in [0.3, 0.4) is 0 Å². The first-order valence-corrected chi connectivity index (χ1v) is 12.1. The topological polar surface area (TPSA) is 79.2 Å². The Labute approximate surface area is 181 Å². The minimum absolute atomic E-state index is 0.0366. The monoisotopic (exact) mass is 423 g/mol. The van der Waals surface area contributed by atoms with Crippen molar-refractivity contribution >= 4 is 5.91 Å². The van der Waals surface area contributed by atoms with Gasteiger partial charge in [-0.1, -0.05) is 19.3 Å². The molecule has 1 spiro atoms. The molecule has 0 aromatic rings. The highest BCUT2D eigenvalue weighted by Gasteiger charge is 2.53. The first-order chi connectivity index (χ1) is 14.1. The van der Waals surface area contributed by atoms with Gasteiger partial charge in [-0.3, -0.25) is 4.79 Å². The van der Waals surface area contributed by atoms with Crippen LogP contribution in [0.1, 0.15) is 91.4 Å². The van der Waals surface area contributed by atoms with Gasteiger partial charge in [0.2, 0.25) is 5.91 Å². The molecular formula is C24H41NO5. The summed E-state index contributed by atoms with van der Waals surface area (Å²) in [7, 11) is 0. The second-order valence-corrected chi connectivity index (χ2v) is 11.4. The van der Waals surface area contributed by atoms with Crippen molar-refractivity contribution in [3.8, 4) is 0 Å². The van der Waals surface area contributed by atoms with Gasteiger partial charge < -0.3 is 24.6 Å². The summed E-state index contributed by atoms with van der Waals surface area (Å²) in [5, 5.41) is 21.0. The van der Waals surface area contributed by atoms with Gasteiger partial charge in [0.25, 0.3) is 0 Å². The molecule has 4 fully saturated rings. The van der Waals surface area contributed by atoms with E-state index in [1.807, 2.05) is 18.7 Å². The largest absolute Gasteiger partial charge is 0.390 e. The van der Waals surface area contributed by atoms with Crippen LogP contribution in [0, 0.1) is 5.41 Å². The normalized spacial score (nSPS) is 38.0. The average molecular weight is 424 g/mol. The number of carbonyl (C=O) groups is 1. The number of likely N-dealkylation sites (tertiary alicyclic amines) is 1. The Bertz CT molecular complexity index is 636. The number of rotatable bonds is 3. The van der Waals surface area contributed by atoms with E-state index in [1.165, 1.54) is 6.42 Å². The van der Waals surface area contributed by atoms with Gasteiger partial charge in [-0.2, -0.15) is 0 Å². The molecule has 6 nitrogen and oxygen atoms in total. The predicted molar refractivity (Wildman–Crippen MR) is 114 cm³/mol. The van der Waals surface area contributed by atoms with Crippen LogP contribution in [-0.2, 0) is 14.3 Å². The van der Waals surface area contributed by atoms with Gasteiger partial charge in [0, 0.05) is 13.1 Å². The fourth-order valence-electron chi connectivity index (χ4n) is 6.26. The Morgan fingerprint density at radius 2 is 1.70 bits per heavy atom. The van der Waals surface area contributed by atoms with Crippen molar-refractivity contribution in [1.29, 1.82) is 0 Å². The van der Waals surface area contributed by atoms with Gasteiger partial charge in [-0.25, -0.2) is 0 Å². The number of nitrogens with zero attached hydrogens (tertiary/aromatic N) is 1. The van der Waals surface area contributed by atoms with Gasteiger partial charge in [0.05, 0.1) is 42.0 Å². The lowest BCUT2D eigenvalue weighted by Gasteiger charge is -2.49. The maximum Gasteiger partial charge on any atom is 0.225 e. The van der Waals surface area contributed by atoms with Crippen molar-refractivity contribution in [2.45, 2.75) is 120 Å². The first kappa shape index (κ1) is 22.5. The standard InChI is InChI=1S/C24H41NO5/c1-21(2)18(26)7-10-22(3,30-21)19-15-23(17-29-19)11-13-25(14-12-23)20(27)16-24(28)8-5-4-6-9-24/h18-19,26,28H,4-17H2,1-3H3/t18-,19+,22+/m0/s1. The Hall–Kier alpha value is -0.690. The molecule has 0 aromatic carbocycles. The van der Waals surface area contributed by atoms with Gasteiger partial charge in [0.15, 0.2) is 0 Å². The van der Waals surface area contributed by atoms with Gasteiger partial charge in [-0.05, 0) is 71.1 Å². The summed E-state index contributed by atoms with van der Waals surface area (Å²) >= 11 is 0. The number of ether oxygens (including phenoxy) is 2. The van der Waals surface area contributed by atoms with Crippen molar-refractivity contribution in [1.82, 2.24) is 4.90 Å². The minimum atomic E-state index is -0.781. The summed E-state index contributed by atoms with van der Waals surface area (Å²) in [6, 6.07) is 0. The molecule has 3 aliphatic heterocycles. The molecule has 0 bridgehead atoms. The number of aliphatic hydroxyl groups is 2. The molecule has 2 N–H and O–H groups in total. The Morgan fingerprint density at radius 3 is 2.33 bits per heavy atom. The van der Waals surface area contributed by atoms with E-state index in [0.717, 1.165) is 77.5 Å². The third-order valence-corrected chi connectivity index (χ3v) is 8.54. The maximum atomic E-state index is 12.8. The molecule has 4 aliphatic rings. The second-order valence-electron chi connectivity index (χ2n) is 11.4. The molecule has 0 unspecified atom stereocenters. The molecule has 6 heteroatoms. The van der Waals surface area contributed by atoms with Crippen LogP contribution in [0.25, 0.3) is 0 Å². The SMILES string of the molecule is CC1(C)O[C@@](C)([C@H]2CC3(CCN(C(=O)CC4(O)CCCCC4)CC3)CO2)CC[C@@H]1O. The molecule has 3 heterocycles. The zero-order valence-electron chi connectivity index (χ0n) is 19.1. The number of piperidine rings is 1. The maximum absolute atomic E-state index is 12.8. The second kappa shape index (κ2) is 8.02. The lowest BCUT2D eigenvalue weighted by atomic mass is 9.73. The highest BCUT2D eigenvalue weighted by Crippen LogP contribution is 2.49. The van der Waals surface area contributed by atoms with Crippen molar-refractivity contribution < 1.29 is 24.5 Å². The molecule has 0 radical (unpaired) electrons. The number of hydrogen-bond acceptors (Lipinski definition) is 5. The summed E-state index contributed by atoms with van der Waals surface area (Å²) in [5.41, 5.74) is -1.59. The van der Waals surface area contributed by atoms with Crippen molar-refractivity contribution in [3.63, 3.8) is 0 Å². The highest BCUT2D eigenvalue weighted by molar-refractivity contribution is 5.77. The quantitative estimate of drug-likeness (QED) is 0.729. The number of carbonyl (C=O) groups excluding carboxylic acids is 1. The number of hydrogen-bond donors (Lipinski definition) is 2. The molecule has 3 atom stereocenters. The molecule has 1 amide bonds. The van der Waals surface area contributed by atoms with E-state index in [0.29, 0.717) is 0 Å². The van der Waals surface area contributed by atoms with E-state index in [1.54, 1.807) is 0 Å². The van der Waals surface area contributed by atoms with Crippen LogP contribution in [-0.4, -0.2) is 69.7 Å². The summed E-state index contributed by atoms with van der Waals surface area (Å²) in [5.74, 6) is 0.114. The van der Waals surface area contributed by atoms with E-state index in [-0.39, 0.29) is 29.4 Å². The Kier molecular flexibility index (Phi) is 6.02. The fraction of sp³-hybridized carbons (Fsp3) is 0.958. The smallest absolute Gasteiger partial charge is 0.225 e. The van der Waals surface area contributed by atoms with Crippen LogP contribution >= 0.6 is 0 Å². The summed E-state index contributed by atoms with van der Waals surface area (Å²) < 4.78 is 12.7. The third-order valence-electron chi connectivity index (χ3n) is 8.54. The molecule has 1 aliphatic carbocycles. The number of aliphatic hydroxyl groups excluding tert-OH is 1. The van der Waals surface area contributed by atoms with E-state index < -0.39 is 17.3 Å². The molecule has 0 aromatic heterocycles. The van der Waals surface area contributed by atoms with Crippen molar-refractivity contribution in [2.75, 3.05) is 19.7 Å². The van der Waals surface area contributed by atoms with Crippen LogP contribution in [0.2, 0.25) is 0 Å². The molecule has 3 saturated heterocycles. The molecule has 4 rings (SSSR count). The van der Waals surface area contributed by atoms with E-state index in [2.05, 4.69) is 6.92 Å². The molecule has 1 saturated carbocycles. The van der Waals surface area contributed by atoms with Crippen LogP contribution < -0.4 is 0 Å². The fourth-order valence-corrected chi connectivity index (χ4v) is 6.26. The van der Waals surface area contributed by atoms with Gasteiger partial charge in [-0.15, -0.1) is 0 Å². The van der Waals surface area contributed by atoms with Crippen LogP contribution in [0.4, 0.5) is 0 Å². The molecular weight excluding hydrogens is 382 g/mol. The summed E-state index contributed by atoms with van der Waals surface area (Å²) in [4.78, 5) is 14.8. The van der Waals surface area contributed by atoms with E-state index in [9.17, 15) is 15.0 Å². The van der Waals surface area contributed by atoms with Gasteiger partial charge in [0.1, 0.15) is 0 Å². The summed E-state index contributed by atoms with van der Waals surface area (Å²) in [6.45, 7) is 8.30. The van der Waals surface area contributed by atoms with Gasteiger partial charge >= 0.3 is 0 Å². The van der Waals surface area contributed by atoms with E-state index >= 15 is 0 Å². The zero-order chi connectivity index (χ0) is 21.6. The summed E-state index contributed by atoms with van der Waals surface area (Å²) in [6.07, 6.45) is 9.04. The van der Waals surface area contributed by atoms with Crippen molar-refractivity contribution in [3.05, 3.63) is 0 Å². The van der Waals surface area contributed by atoms with Crippen LogP contribution in [0.5, 0.6) is 0 Å². The lowest BCUT2D eigenvalue weighted by molar-refractivity contribution is -0.245. The van der Waals surface area contributed by atoms with E-state index in [4.69, 9.17) is 9.47 Å². The Morgan fingerprint density at radius 1 is 1.03 bits per heavy atom. The first-order valence-electron chi connectivity index (χ1n) is 12.1. The third kappa shape index (κ3) is 4.43. The number of amides is 1. The Balaban J connectivity index is 1.31. The minimum Gasteiger partial charge on any atom is -0.390 e. The van der Waals surface area contributed by atoms with Crippen molar-refractivity contribution in [2.24, 2.45) is 5.41 Å². The lowest BCUT2D eigenvalue weighted by Crippen LogP contribution is -2.56. The highest BCUT2D eigenvalue weighted by atomic mass is 16.6. The zero-order valence-corrected chi connectivity index (χ0v) is 19.1. The predicted octanol–water partition coefficient (Wildman–Crippen LogP) is 3.18. The molecule has 172 valence electrons. The average Bonchev–Trinajstić information content (AvgIpc) is 3.10. The van der Waals surface area contributed by atoms with Crippen LogP contribution in [0.15, 0.2) is 0 Å².